The maximum absolute atomic E-state index is 12.5. The number of fused-ring (bicyclic) bond motifs is 2. The number of hydrogen-bond donors (Lipinski definition) is 2. The van der Waals surface area contributed by atoms with Crippen molar-refractivity contribution in [2.24, 2.45) is 11.8 Å². The lowest BCUT2D eigenvalue weighted by atomic mass is 9.75. The average molecular weight is 462 g/mol. The van der Waals surface area contributed by atoms with Crippen molar-refractivity contribution in [3.63, 3.8) is 0 Å². The lowest BCUT2D eigenvalue weighted by molar-refractivity contribution is -0.192. The number of piperidine rings is 1. The van der Waals surface area contributed by atoms with E-state index < -0.39 is 12.1 Å². The molecule has 0 bridgehead atoms. The molecule has 0 unspecified atom stereocenters. The first kappa shape index (κ1) is 23.5. The number of rotatable bonds is 3. The molecule has 3 saturated heterocycles. The number of hydrogen-bond acceptors (Lipinski definition) is 5. The SMILES string of the molecule is CCCN1C[C@H]2C(=O)NC3(CCN(C(=O)c4cccs4)CC3)[C@H]2C1.O=C(O)C(F)(F)F. The maximum atomic E-state index is 12.5. The van der Waals surface area contributed by atoms with E-state index >= 15 is 0 Å². The molecule has 31 heavy (non-hydrogen) atoms. The van der Waals surface area contributed by atoms with Gasteiger partial charge in [0.25, 0.3) is 5.91 Å². The number of carboxylic acid groups (broad SMARTS) is 1. The van der Waals surface area contributed by atoms with Gasteiger partial charge in [0.05, 0.1) is 10.8 Å². The molecule has 2 amide bonds. The zero-order chi connectivity index (χ0) is 22.8. The summed E-state index contributed by atoms with van der Waals surface area (Å²) in [4.78, 5) is 39.1. The van der Waals surface area contributed by atoms with Crippen molar-refractivity contribution in [2.45, 2.75) is 37.9 Å². The van der Waals surface area contributed by atoms with Gasteiger partial charge in [0, 0.05) is 37.6 Å². The van der Waals surface area contributed by atoms with E-state index in [1.54, 1.807) is 0 Å². The normalized spacial score (nSPS) is 25.0. The van der Waals surface area contributed by atoms with E-state index in [1.165, 1.54) is 11.3 Å². The third kappa shape index (κ3) is 5.03. The van der Waals surface area contributed by atoms with Crippen LogP contribution in [-0.2, 0) is 9.59 Å². The van der Waals surface area contributed by atoms with Crippen LogP contribution in [0.15, 0.2) is 17.5 Å². The largest absolute Gasteiger partial charge is 0.490 e. The van der Waals surface area contributed by atoms with Gasteiger partial charge in [0.1, 0.15) is 0 Å². The number of carbonyl (C=O) groups excluding carboxylic acids is 2. The Morgan fingerprint density at radius 2 is 1.94 bits per heavy atom. The van der Waals surface area contributed by atoms with Crippen molar-refractivity contribution in [2.75, 3.05) is 32.7 Å². The Balaban J connectivity index is 0.000000339. The number of nitrogens with zero attached hydrogens (tertiary/aromatic N) is 2. The molecule has 2 N–H and O–H groups in total. The minimum absolute atomic E-state index is 0.0868. The zero-order valence-corrected chi connectivity index (χ0v) is 18.0. The Hall–Kier alpha value is -2.14. The molecule has 0 aliphatic carbocycles. The van der Waals surface area contributed by atoms with Crippen molar-refractivity contribution in [3.8, 4) is 0 Å². The van der Waals surface area contributed by atoms with Gasteiger partial charge in [-0.1, -0.05) is 13.0 Å². The topological polar surface area (TPSA) is 90.0 Å². The van der Waals surface area contributed by atoms with Crippen molar-refractivity contribution in [3.05, 3.63) is 22.4 Å². The third-order valence-corrected chi connectivity index (χ3v) is 7.13. The van der Waals surface area contributed by atoms with Crippen LogP contribution in [0, 0.1) is 11.8 Å². The van der Waals surface area contributed by atoms with Gasteiger partial charge < -0.3 is 20.2 Å². The number of likely N-dealkylation sites (tertiary alicyclic amines) is 2. The minimum atomic E-state index is -5.08. The summed E-state index contributed by atoms with van der Waals surface area (Å²) in [5.74, 6) is -1.82. The number of carboxylic acids is 1. The lowest BCUT2D eigenvalue weighted by Crippen LogP contribution is -2.56. The number of thiophene rings is 1. The number of halogens is 3. The number of amides is 2. The van der Waals surface area contributed by atoms with Gasteiger partial charge in [-0.3, -0.25) is 9.59 Å². The Morgan fingerprint density at radius 1 is 1.29 bits per heavy atom. The van der Waals surface area contributed by atoms with Crippen LogP contribution in [0.1, 0.15) is 35.9 Å². The quantitative estimate of drug-likeness (QED) is 0.722. The van der Waals surface area contributed by atoms with Gasteiger partial charge in [-0.15, -0.1) is 11.3 Å². The van der Waals surface area contributed by atoms with E-state index in [0.717, 1.165) is 56.9 Å². The summed E-state index contributed by atoms with van der Waals surface area (Å²) in [6, 6.07) is 3.82. The summed E-state index contributed by atoms with van der Waals surface area (Å²) < 4.78 is 31.7. The summed E-state index contributed by atoms with van der Waals surface area (Å²) in [5, 5.41) is 12.4. The van der Waals surface area contributed by atoms with Gasteiger partial charge >= 0.3 is 12.1 Å². The second kappa shape index (κ2) is 9.15. The molecular formula is C20H26F3N3O4S. The third-order valence-electron chi connectivity index (χ3n) is 6.27. The molecule has 1 aromatic rings. The molecule has 3 aliphatic heterocycles. The van der Waals surface area contributed by atoms with Gasteiger partial charge in [0.15, 0.2) is 0 Å². The van der Waals surface area contributed by atoms with Crippen LogP contribution >= 0.6 is 11.3 Å². The Morgan fingerprint density at radius 3 is 2.45 bits per heavy atom. The predicted molar refractivity (Wildman–Crippen MR) is 108 cm³/mol. The molecule has 11 heteroatoms. The molecule has 1 aromatic heterocycles. The minimum Gasteiger partial charge on any atom is -0.475 e. The molecule has 4 heterocycles. The van der Waals surface area contributed by atoms with Gasteiger partial charge in [-0.05, 0) is 37.3 Å². The summed E-state index contributed by atoms with van der Waals surface area (Å²) in [6.07, 6.45) is -2.18. The van der Waals surface area contributed by atoms with E-state index in [-0.39, 0.29) is 23.3 Å². The Kier molecular flexibility index (Phi) is 6.95. The van der Waals surface area contributed by atoms with E-state index in [2.05, 4.69) is 17.1 Å². The van der Waals surface area contributed by atoms with Crippen LogP contribution in [0.25, 0.3) is 0 Å². The zero-order valence-electron chi connectivity index (χ0n) is 17.2. The highest BCUT2D eigenvalue weighted by molar-refractivity contribution is 7.12. The van der Waals surface area contributed by atoms with Gasteiger partial charge in [0.2, 0.25) is 5.91 Å². The van der Waals surface area contributed by atoms with Gasteiger partial charge in [-0.2, -0.15) is 13.2 Å². The fraction of sp³-hybridized carbons (Fsp3) is 0.650. The summed E-state index contributed by atoms with van der Waals surface area (Å²) in [6.45, 7) is 6.69. The highest BCUT2D eigenvalue weighted by atomic mass is 32.1. The number of aliphatic carboxylic acids is 1. The molecule has 2 atom stereocenters. The van der Waals surface area contributed by atoms with Crippen molar-refractivity contribution < 1.29 is 32.7 Å². The smallest absolute Gasteiger partial charge is 0.475 e. The molecular weight excluding hydrogens is 435 g/mol. The number of nitrogens with one attached hydrogen (secondary N) is 1. The van der Waals surface area contributed by atoms with E-state index in [1.807, 2.05) is 22.4 Å². The van der Waals surface area contributed by atoms with Crippen LogP contribution in [0.4, 0.5) is 13.2 Å². The second-order valence-corrected chi connectivity index (χ2v) is 9.14. The molecule has 1 spiro atoms. The first-order valence-electron chi connectivity index (χ1n) is 10.2. The molecule has 7 nitrogen and oxygen atoms in total. The van der Waals surface area contributed by atoms with Crippen LogP contribution in [-0.4, -0.2) is 77.1 Å². The average Bonchev–Trinajstić information content (AvgIpc) is 3.42. The monoisotopic (exact) mass is 461 g/mol. The predicted octanol–water partition coefficient (Wildman–Crippen LogP) is 2.44. The molecule has 0 saturated carbocycles. The first-order chi connectivity index (χ1) is 14.6. The van der Waals surface area contributed by atoms with Crippen molar-refractivity contribution in [1.82, 2.24) is 15.1 Å². The molecule has 0 aromatic carbocycles. The number of alkyl halides is 3. The highest BCUT2D eigenvalue weighted by Crippen LogP contribution is 2.44. The highest BCUT2D eigenvalue weighted by Gasteiger charge is 2.57. The molecule has 3 fully saturated rings. The Bertz CT molecular complexity index is 807. The summed E-state index contributed by atoms with van der Waals surface area (Å²) >= 11 is 1.50. The van der Waals surface area contributed by atoms with Crippen LogP contribution in [0.2, 0.25) is 0 Å². The fourth-order valence-corrected chi connectivity index (χ4v) is 5.49. The molecule has 3 aliphatic rings. The number of carbonyl (C=O) groups is 3. The lowest BCUT2D eigenvalue weighted by Gasteiger charge is -2.42. The van der Waals surface area contributed by atoms with Crippen molar-refractivity contribution in [1.29, 1.82) is 0 Å². The van der Waals surface area contributed by atoms with Crippen LogP contribution in [0.3, 0.4) is 0 Å². The fourth-order valence-electron chi connectivity index (χ4n) is 4.80. The van der Waals surface area contributed by atoms with E-state index in [4.69, 9.17) is 9.90 Å². The van der Waals surface area contributed by atoms with E-state index in [9.17, 15) is 22.8 Å². The van der Waals surface area contributed by atoms with E-state index in [0.29, 0.717) is 5.92 Å². The molecule has 0 radical (unpaired) electrons. The maximum Gasteiger partial charge on any atom is 0.490 e. The standard InChI is InChI=1S/C18H25N3O2S.C2HF3O2/c1-2-7-20-11-13-14(12-20)18(19-16(13)22)5-8-21(9-6-18)17(23)15-4-3-10-24-15;3-2(4,5)1(6)7/h3-4,10,13-14H,2,5-9,11-12H2,1H3,(H,19,22);(H,6,7)/t13-,14+;/m1./s1. The molecule has 4 rings (SSSR count). The first-order valence-corrected chi connectivity index (χ1v) is 11.1. The van der Waals surface area contributed by atoms with Crippen LogP contribution in [0.5, 0.6) is 0 Å². The second-order valence-electron chi connectivity index (χ2n) is 8.19. The molecule has 172 valence electrons. The van der Waals surface area contributed by atoms with Crippen molar-refractivity contribution >= 4 is 29.1 Å². The van der Waals surface area contributed by atoms with Crippen LogP contribution < -0.4 is 5.32 Å². The van der Waals surface area contributed by atoms with Gasteiger partial charge in [-0.25, -0.2) is 4.79 Å². The summed E-state index contributed by atoms with van der Waals surface area (Å²) in [5.41, 5.74) is -0.0868. The Labute approximate surface area is 182 Å². The summed E-state index contributed by atoms with van der Waals surface area (Å²) in [7, 11) is 0.